The van der Waals surface area contributed by atoms with Crippen LogP contribution in [0.2, 0.25) is 0 Å². The number of hydrogen-bond acceptors (Lipinski definition) is 6. The quantitative estimate of drug-likeness (QED) is 0.511. The third-order valence-electron chi connectivity index (χ3n) is 2.33. The molecule has 6 heteroatoms. The molecule has 2 N–H and O–H groups in total. The van der Waals surface area contributed by atoms with Crippen molar-refractivity contribution in [2.24, 2.45) is 5.10 Å². The number of hydrogen-bond donors (Lipinski definition) is 2. The van der Waals surface area contributed by atoms with Crippen LogP contribution in [-0.2, 0) is 4.74 Å². The first-order valence-corrected chi connectivity index (χ1v) is 6.32. The van der Waals surface area contributed by atoms with Crippen molar-refractivity contribution in [3.63, 3.8) is 0 Å². The Balaban J connectivity index is 2.04. The predicted molar refractivity (Wildman–Crippen MR) is 75.0 cm³/mol. The first kappa shape index (κ1) is 13.1. The largest absolute Gasteiger partial charge is 0.508 e. The number of nitrogens with zero attached hydrogens (tertiary/aromatic N) is 1. The van der Waals surface area contributed by atoms with Crippen LogP contribution in [0.3, 0.4) is 0 Å². The van der Waals surface area contributed by atoms with E-state index in [9.17, 15) is 4.79 Å². The van der Waals surface area contributed by atoms with Gasteiger partial charge in [0.1, 0.15) is 10.6 Å². The Morgan fingerprint density at radius 3 is 2.79 bits per heavy atom. The van der Waals surface area contributed by atoms with Gasteiger partial charge < -0.3 is 9.84 Å². The van der Waals surface area contributed by atoms with E-state index < -0.39 is 5.97 Å². The molecule has 0 radical (unpaired) electrons. The summed E-state index contributed by atoms with van der Waals surface area (Å²) in [5.41, 5.74) is 4.23. The minimum Gasteiger partial charge on any atom is -0.508 e. The summed E-state index contributed by atoms with van der Waals surface area (Å²) in [6, 6.07) is 8.37. The number of phenolic OH excluding ortho intramolecular Hbond substituents is 1. The molecule has 0 spiro atoms. The van der Waals surface area contributed by atoms with Crippen LogP contribution in [0.4, 0.5) is 5.69 Å². The van der Waals surface area contributed by atoms with Crippen LogP contribution in [0.15, 0.2) is 40.8 Å². The van der Waals surface area contributed by atoms with Gasteiger partial charge >= 0.3 is 5.97 Å². The number of ether oxygens (including phenoxy) is 1. The van der Waals surface area contributed by atoms with Crippen LogP contribution in [0.25, 0.3) is 0 Å². The fraction of sp³-hybridized carbons (Fsp3) is 0.0769. The van der Waals surface area contributed by atoms with Gasteiger partial charge in [0.05, 0.1) is 19.0 Å². The second-order valence-electron chi connectivity index (χ2n) is 3.62. The van der Waals surface area contributed by atoms with Gasteiger partial charge in [-0.05, 0) is 41.3 Å². The molecular formula is C13H12N2O3S. The van der Waals surface area contributed by atoms with E-state index in [2.05, 4.69) is 15.3 Å². The third kappa shape index (κ3) is 3.32. The Kier molecular flexibility index (Phi) is 4.15. The lowest BCUT2D eigenvalue weighted by molar-refractivity contribution is 0.0607. The van der Waals surface area contributed by atoms with Crippen LogP contribution in [0.1, 0.15) is 15.2 Å². The molecule has 0 saturated heterocycles. The molecule has 1 aromatic heterocycles. The van der Waals surface area contributed by atoms with Crippen molar-refractivity contribution in [2.75, 3.05) is 12.5 Å². The molecule has 0 fully saturated rings. The van der Waals surface area contributed by atoms with E-state index in [1.165, 1.54) is 18.4 Å². The fourth-order valence-corrected chi connectivity index (χ4v) is 2.15. The van der Waals surface area contributed by atoms with Crippen LogP contribution in [0.5, 0.6) is 5.75 Å². The number of anilines is 1. The average Bonchev–Trinajstić information content (AvgIpc) is 2.88. The standard InChI is InChI=1S/C13H12N2O3S/c1-18-13(17)12-11(6-7-19-12)15-14-8-9-2-4-10(16)5-3-9/h2-8,15-16H,1H3. The van der Waals surface area contributed by atoms with Gasteiger partial charge in [0.25, 0.3) is 0 Å². The van der Waals surface area contributed by atoms with Crippen LogP contribution in [0, 0.1) is 0 Å². The maximum Gasteiger partial charge on any atom is 0.350 e. The molecule has 0 aliphatic carbocycles. The Bertz CT molecular complexity index is 590. The van der Waals surface area contributed by atoms with Crippen LogP contribution >= 0.6 is 11.3 Å². The number of aromatic hydroxyl groups is 1. The summed E-state index contributed by atoms with van der Waals surface area (Å²) in [4.78, 5) is 11.9. The van der Waals surface area contributed by atoms with E-state index in [4.69, 9.17) is 5.11 Å². The lowest BCUT2D eigenvalue weighted by Gasteiger charge is -2.00. The topological polar surface area (TPSA) is 70.9 Å². The maximum atomic E-state index is 11.4. The second-order valence-corrected chi connectivity index (χ2v) is 4.53. The van der Waals surface area contributed by atoms with Crippen LogP contribution in [-0.4, -0.2) is 24.4 Å². The number of methoxy groups -OCH3 is 1. The maximum absolute atomic E-state index is 11.4. The van der Waals surface area contributed by atoms with Crippen molar-refractivity contribution in [3.05, 3.63) is 46.2 Å². The molecule has 19 heavy (non-hydrogen) atoms. The van der Waals surface area contributed by atoms with Gasteiger partial charge in [0, 0.05) is 0 Å². The highest BCUT2D eigenvalue weighted by Crippen LogP contribution is 2.22. The average molecular weight is 276 g/mol. The third-order valence-corrected chi connectivity index (χ3v) is 3.22. The normalized spacial score (nSPS) is 10.6. The monoisotopic (exact) mass is 276 g/mol. The highest BCUT2D eigenvalue weighted by atomic mass is 32.1. The number of carbonyl (C=O) groups is 1. The number of rotatable bonds is 4. The molecule has 0 unspecified atom stereocenters. The van der Waals surface area contributed by atoms with Crippen molar-refractivity contribution in [1.29, 1.82) is 0 Å². The second kappa shape index (κ2) is 6.01. The van der Waals surface area contributed by atoms with E-state index >= 15 is 0 Å². The molecule has 0 aliphatic heterocycles. The van der Waals surface area contributed by atoms with E-state index in [0.717, 1.165) is 5.56 Å². The smallest absolute Gasteiger partial charge is 0.350 e. The van der Waals surface area contributed by atoms with Gasteiger partial charge in [-0.25, -0.2) is 4.79 Å². The number of esters is 1. The summed E-state index contributed by atoms with van der Waals surface area (Å²) in [5, 5.41) is 15.0. The molecule has 1 aromatic carbocycles. The van der Waals surface area contributed by atoms with E-state index in [1.807, 2.05) is 0 Å². The van der Waals surface area contributed by atoms with E-state index in [-0.39, 0.29) is 5.75 Å². The fourth-order valence-electron chi connectivity index (χ4n) is 1.38. The van der Waals surface area contributed by atoms with Gasteiger partial charge in [-0.1, -0.05) is 0 Å². The zero-order valence-electron chi connectivity index (χ0n) is 10.2. The van der Waals surface area contributed by atoms with Gasteiger partial charge in [0.2, 0.25) is 0 Å². The molecule has 0 amide bonds. The highest BCUT2D eigenvalue weighted by Gasteiger charge is 2.12. The summed E-state index contributed by atoms with van der Waals surface area (Å²) < 4.78 is 4.66. The van der Waals surface area contributed by atoms with Gasteiger partial charge in [-0.15, -0.1) is 11.3 Å². The highest BCUT2D eigenvalue weighted by molar-refractivity contribution is 7.12. The Hall–Kier alpha value is -2.34. The van der Waals surface area contributed by atoms with Crippen molar-refractivity contribution < 1.29 is 14.6 Å². The number of thiophene rings is 1. The number of hydrazone groups is 1. The van der Waals surface area contributed by atoms with Crippen molar-refractivity contribution in [2.45, 2.75) is 0 Å². The molecule has 5 nitrogen and oxygen atoms in total. The van der Waals surface area contributed by atoms with E-state index in [1.54, 1.807) is 41.9 Å². The predicted octanol–water partition coefficient (Wildman–Crippen LogP) is 2.69. The number of benzene rings is 1. The number of phenols is 1. The summed E-state index contributed by atoms with van der Waals surface area (Å²) in [6.07, 6.45) is 1.60. The molecular weight excluding hydrogens is 264 g/mol. The molecule has 0 saturated carbocycles. The molecule has 0 bridgehead atoms. The molecule has 98 valence electrons. The minimum atomic E-state index is -0.391. The minimum absolute atomic E-state index is 0.205. The lowest BCUT2D eigenvalue weighted by atomic mass is 10.2. The SMILES string of the molecule is COC(=O)c1sccc1NN=Cc1ccc(O)cc1. The Labute approximate surface area is 114 Å². The van der Waals surface area contributed by atoms with Gasteiger partial charge in [-0.2, -0.15) is 5.10 Å². The van der Waals surface area contributed by atoms with Gasteiger partial charge in [0.15, 0.2) is 0 Å². The summed E-state index contributed by atoms with van der Waals surface area (Å²) in [6.45, 7) is 0. The lowest BCUT2D eigenvalue weighted by Crippen LogP contribution is -2.01. The zero-order valence-corrected chi connectivity index (χ0v) is 11.0. The summed E-state index contributed by atoms with van der Waals surface area (Å²) in [5.74, 6) is -0.187. The zero-order chi connectivity index (χ0) is 13.7. The number of carbonyl (C=O) groups excluding carboxylic acids is 1. The van der Waals surface area contributed by atoms with Crippen molar-refractivity contribution in [1.82, 2.24) is 0 Å². The van der Waals surface area contributed by atoms with Crippen molar-refractivity contribution >= 4 is 29.2 Å². The first-order chi connectivity index (χ1) is 9.20. The summed E-state index contributed by atoms with van der Waals surface area (Å²) >= 11 is 1.29. The number of nitrogens with one attached hydrogen (secondary N) is 1. The molecule has 0 aliphatic rings. The first-order valence-electron chi connectivity index (χ1n) is 5.44. The Morgan fingerprint density at radius 2 is 2.11 bits per heavy atom. The van der Waals surface area contributed by atoms with Gasteiger partial charge in [-0.3, -0.25) is 5.43 Å². The van der Waals surface area contributed by atoms with Crippen LogP contribution < -0.4 is 5.43 Å². The molecule has 0 atom stereocenters. The Morgan fingerprint density at radius 1 is 1.37 bits per heavy atom. The van der Waals surface area contributed by atoms with E-state index in [0.29, 0.717) is 10.6 Å². The molecule has 1 heterocycles. The molecule has 2 rings (SSSR count). The van der Waals surface area contributed by atoms with Crippen molar-refractivity contribution in [3.8, 4) is 5.75 Å². The molecule has 2 aromatic rings. The summed E-state index contributed by atoms with van der Waals surface area (Å²) in [7, 11) is 1.34.